The minimum absolute atomic E-state index is 0.657. The summed E-state index contributed by atoms with van der Waals surface area (Å²) < 4.78 is 4.85. The van der Waals surface area contributed by atoms with Crippen LogP contribution in [0.5, 0.6) is 0 Å². The summed E-state index contributed by atoms with van der Waals surface area (Å²) in [4.78, 5) is 0. The van der Waals surface area contributed by atoms with Crippen molar-refractivity contribution < 1.29 is 4.74 Å². The van der Waals surface area contributed by atoms with Crippen LogP contribution in [0.25, 0.3) is 0 Å². The fourth-order valence-electron chi connectivity index (χ4n) is 0.390. The molecule has 1 saturated heterocycles. The molecule has 1 rings (SSSR count). The van der Waals surface area contributed by atoms with Gasteiger partial charge in [0.1, 0.15) is 0 Å². The molecular formula is C5H8O. The molecule has 34 valence electrons. The summed E-state index contributed by atoms with van der Waals surface area (Å²) in [6, 6.07) is 0. The zero-order valence-electron chi connectivity index (χ0n) is 3.68. The van der Waals surface area contributed by atoms with Crippen LogP contribution in [0.4, 0.5) is 0 Å². The molecule has 0 N–H and O–H groups in total. The van der Waals surface area contributed by atoms with Crippen molar-refractivity contribution >= 4 is 0 Å². The number of hydrogen-bond donors (Lipinski definition) is 0. The van der Waals surface area contributed by atoms with Gasteiger partial charge in [-0.05, 0) is 0 Å². The molecule has 1 aliphatic rings. The lowest BCUT2D eigenvalue weighted by molar-refractivity contribution is -0.00749. The number of rotatable bonds is 1. The Morgan fingerprint density at radius 1 is 1.67 bits per heavy atom. The highest BCUT2D eigenvalue weighted by atomic mass is 16.5. The third kappa shape index (κ3) is 0.455. The average Bonchev–Trinajstić information content (AvgIpc) is 1.31. The first-order valence-corrected chi connectivity index (χ1v) is 2.14. The van der Waals surface area contributed by atoms with E-state index >= 15 is 0 Å². The molecule has 1 heterocycles. The van der Waals surface area contributed by atoms with Crippen LogP contribution in [0, 0.1) is 5.92 Å². The van der Waals surface area contributed by atoms with Crippen molar-refractivity contribution in [1.29, 1.82) is 0 Å². The van der Waals surface area contributed by atoms with E-state index in [0.29, 0.717) is 5.92 Å². The molecule has 0 amide bonds. The van der Waals surface area contributed by atoms with Crippen LogP contribution in [0.1, 0.15) is 0 Å². The smallest absolute Gasteiger partial charge is 0.0551 e. The molecular weight excluding hydrogens is 76.1 g/mol. The van der Waals surface area contributed by atoms with Crippen LogP contribution in [0.3, 0.4) is 0 Å². The maximum atomic E-state index is 4.85. The average molecular weight is 84.1 g/mol. The Bertz CT molecular complexity index is 55.0. The van der Waals surface area contributed by atoms with Crippen molar-refractivity contribution in [3.63, 3.8) is 0 Å². The Labute approximate surface area is 37.6 Å². The summed E-state index contributed by atoms with van der Waals surface area (Å²) in [5.74, 6) is 0.657. The van der Waals surface area contributed by atoms with Crippen LogP contribution in [0.2, 0.25) is 0 Å². The fourth-order valence-corrected chi connectivity index (χ4v) is 0.390. The van der Waals surface area contributed by atoms with Gasteiger partial charge in [-0.1, -0.05) is 6.08 Å². The zero-order chi connectivity index (χ0) is 4.41. The Morgan fingerprint density at radius 2 is 2.33 bits per heavy atom. The summed E-state index contributed by atoms with van der Waals surface area (Å²) in [6.45, 7) is 5.39. The van der Waals surface area contributed by atoms with E-state index in [1.54, 1.807) is 0 Å². The summed E-state index contributed by atoms with van der Waals surface area (Å²) >= 11 is 0. The monoisotopic (exact) mass is 84.1 g/mol. The molecule has 0 atom stereocenters. The highest BCUT2D eigenvalue weighted by Crippen LogP contribution is 2.08. The van der Waals surface area contributed by atoms with Gasteiger partial charge in [0.15, 0.2) is 0 Å². The SMILES string of the molecule is C=CC1COC1. The molecule has 6 heavy (non-hydrogen) atoms. The molecule has 1 heteroatoms. The highest BCUT2D eigenvalue weighted by molar-refractivity contribution is 4.82. The maximum absolute atomic E-state index is 4.85. The molecule has 0 bridgehead atoms. The maximum Gasteiger partial charge on any atom is 0.0551 e. The van der Waals surface area contributed by atoms with Gasteiger partial charge < -0.3 is 4.74 Å². The molecule has 1 aliphatic heterocycles. The number of ether oxygens (including phenoxy) is 1. The second-order valence-corrected chi connectivity index (χ2v) is 1.53. The Balaban J connectivity index is 2.16. The van der Waals surface area contributed by atoms with Crippen molar-refractivity contribution in [2.24, 2.45) is 5.92 Å². The van der Waals surface area contributed by atoms with E-state index in [-0.39, 0.29) is 0 Å². The van der Waals surface area contributed by atoms with Crippen LogP contribution in [-0.2, 0) is 4.74 Å². The van der Waals surface area contributed by atoms with Crippen LogP contribution < -0.4 is 0 Å². The van der Waals surface area contributed by atoms with E-state index < -0.39 is 0 Å². The lowest BCUT2D eigenvalue weighted by Gasteiger charge is -2.21. The van der Waals surface area contributed by atoms with Crippen LogP contribution >= 0.6 is 0 Å². The molecule has 0 radical (unpaired) electrons. The normalized spacial score (nSPS) is 22.7. The first-order chi connectivity index (χ1) is 2.93. The fraction of sp³-hybridized carbons (Fsp3) is 0.600. The highest BCUT2D eigenvalue weighted by Gasteiger charge is 2.12. The van der Waals surface area contributed by atoms with E-state index in [9.17, 15) is 0 Å². The van der Waals surface area contributed by atoms with E-state index in [1.807, 2.05) is 6.08 Å². The molecule has 1 nitrogen and oxygen atoms in total. The zero-order valence-corrected chi connectivity index (χ0v) is 3.68. The van der Waals surface area contributed by atoms with E-state index in [2.05, 4.69) is 6.58 Å². The predicted octanol–water partition coefficient (Wildman–Crippen LogP) is 0.819. The summed E-state index contributed by atoms with van der Waals surface area (Å²) in [6.07, 6.45) is 1.93. The third-order valence-corrected chi connectivity index (χ3v) is 0.997. The van der Waals surface area contributed by atoms with Crippen molar-refractivity contribution in [2.45, 2.75) is 0 Å². The lowest BCUT2D eigenvalue weighted by Crippen LogP contribution is -2.24. The summed E-state index contributed by atoms with van der Waals surface area (Å²) in [5, 5.41) is 0. The molecule has 1 fully saturated rings. The van der Waals surface area contributed by atoms with Crippen LogP contribution in [-0.4, -0.2) is 13.2 Å². The van der Waals surface area contributed by atoms with Gasteiger partial charge in [-0.3, -0.25) is 0 Å². The topological polar surface area (TPSA) is 9.23 Å². The van der Waals surface area contributed by atoms with Crippen molar-refractivity contribution in [3.8, 4) is 0 Å². The molecule has 0 aromatic heterocycles. The van der Waals surface area contributed by atoms with Gasteiger partial charge in [0.25, 0.3) is 0 Å². The van der Waals surface area contributed by atoms with Crippen molar-refractivity contribution in [3.05, 3.63) is 12.7 Å². The standard InChI is InChI=1S/C5H8O/c1-2-5-3-6-4-5/h2,5H,1,3-4H2. The van der Waals surface area contributed by atoms with Crippen molar-refractivity contribution in [2.75, 3.05) is 13.2 Å². The van der Waals surface area contributed by atoms with Gasteiger partial charge in [0.2, 0.25) is 0 Å². The van der Waals surface area contributed by atoms with E-state index in [0.717, 1.165) is 13.2 Å². The summed E-state index contributed by atoms with van der Waals surface area (Å²) in [7, 11) is 0. The van der Waals surface area contributed by atoms with Gasteiger partial charge in [0.05, 0.1) is 13.2 Å². The summed E-state index contributed by atoms with van der Waals surface area (Å²) in [5.41, 5.74) is 0. The molecule has 0 saturated carbocycles. The van der Waals surface area contributed by atoms with Gasteiger partial charge in [-0.2, -0.15) is 0 Å². The van der Waals surface area contributed by atoms with Gasteiger partial charge in [-0.15, -0.1) is 6.58 Å². The molecule has 0 unspecified atom stereocenters. The second kappa shape index (κ2) is 1.43. The van der Waals surface area contributed by atoms with E-state index in [1.165, 1.54) is 0 Å². The molecule has 0 aromatic carbocycles. The predicted molar refractivity (Wildman–Crippen MR) is 24.5 cm³/mol. The van der Waals surface area contributed by atoms with Gasteiger partial charge in [-0.25, -0.2) is 0 Å². The van der Waals surface area contributed by atoms with Crippen LogP contribution in [0.15, 0.2) is 12.7 Å². The minimum atomic E-state index is 0.657. The minimum Gasteiger partial charge on any atom is -0.380 e. The largest absolute Gasteiger partial charge is 0.380 e. The van der Waals surface area contributed by atoms with E-state index in [4.69, 9.17) is 4.74 Å². The van der Waals surface area contributed by atoms with Gasteiger partial charge >= 0.3 is 0 Å². The Morgan fingerprint density at radius 3 is 2.33 bits per heavy atom. The Hall–Kier alpha value is -0.300. The van der Waals surface area contributed by atoms with Gasteiger partial charge in [0, 0.05) is 5.92 Å². The first-order valence-electron chi connectivity index (χ1n) is 2.14. The Kier molecular flexibility index (Phi) is 0.926. The van der Waals surface area contributed by atoms with Crippen molar-refractivity contribution in [1.82, 2.24) is 0 Å². The second-order valence-electron chi connectivity index (χ2n) is 1.53. The quantitative estimate of drug-likeness (QED) is 0.427. The molecule has 0 spiro atoms. The third-order valence-electron chi connectivity index (χ3n) is 0.997. The molecule has 0 aliphatic carbocycles. The first kappa shape index (κ1) is 3.88. The number of hydrogen-bond acceptors (Lipinski definition) is 1. The molecule has 0 aromatic rings. The lowest BCUT2D eigenvalue weighted by atomic mass is 10.1.